The molecule has 3 rings (SSSR count). The number of carbonyl (C=O) groups is 1. The summed E-state index contributed by atoms with van der Waals surface area (Å²) in [6.07, 6.45) is 1.94. The quantitative estimate of drug-likeness (QED) is 0.869. The van der Waals surface area contributed by atoms with E-state index in [-0.39, 0.29) is 24.4 Å². The molecule has 0 spiro atoms. The molecule has 1 amide bonds. The van der Waals surface area contributed by atoms with E-state index < -0.39 is 0 Å². The summed E-state index contributed by atoms with van der Waals surface area (Å²) in [7, 11) is 0. The Bertz CT molecular complexity index is 629. The van der Waals surface area contributed by atoms with Crippen LogP contribution in [0, 0.1) is 0 Å². The summed E-state index contributed by atoms with van der Waals surface area (Å²) in [4.78, 5) is 16.5. The zero-order valence-corrected chi connectivity index (χ0v) is 13.1. The first-order valence-corrected chi connectivity index (χ1v) is 7.13. The van der Waals surface area contributed by atoms with E-state index in [0.29, 0.717) is 5.82 Å². The first-order valence-electron chi connectivity index (χ1n) is 6.33. The van der Waals surface area contributed by atoms with Gasteiger partial charge in [0.25, 0.3) is 0 Å². The largest absolute Gasteiger partial charge is 0.309 e. The Morgan fingerprint density at radius 3 is 2.95 bits per heavy atom. The van der Waals surface area contributed by atoms with Gasteiger partial charge in [-0.05, 0) is 53.5 Å². The van der Waals surface area contributed by atoms with Crippen molar-refractivity contribution in [3.05, 3.63) is 34.8 Å². The second-order valence-corrected chi connectivity index (χ2v) is 5.50. The maximum absolute atomic E-state index is 12.0. The molecule has 1 aliphatic rings. The minimum atomic E-state index is -0.0864. The van der Waals surface area contributed by atoms with Crippen LogP contribution in [-0.4, -0.2) is 23.5 Å². The van der Waals surface area contributed by atoms with E-state index in [2.05, 4.69) is 31.5 Å². The van der Waals surface area contributed by atoms with Gasteiger partial charge in [0.1, 0.15) is 5.82 Å². The number of rotatable bonds is 2. The van der Waals surface area contributed by atoms with Gasteiger partial charge >= 0.3 is 0 Å². The third kappa shape index (κ3) is 3.11. The van der Waals surface area contributed by atoms with Gasteiger partial charge in [0.05, 0.1) is 11.6 Å². The van der Waals surface area contributed by atoms with Crippen molar-refractivity contribution in [3.63, 3.8) is 0 Å². The van der Waals surface area contributed by atoms with Crippen molar-refractivity contribution in [2.45, 2.75) is 18.9 Å². The Hall–Kier alpha value is -1.17. The molecule has 20 heavy (non-hydrogen) atoms. The number of aromatic nitrogens is 1. The highest BCUT2D eigenvalue weighted by Gasteiger charge is 2.22. The summed E-state index contributed by atoms with van der Waals surface area (Å²) in [5.74, 6) is 0.592. The molecular formula is C14H15BrClN3O. The normalized spacial score (nSPS) is 17.8. The molecule has 0 saturated carbocycles. The third-order valence-electron chi connectivity index (χ3n) is 3.30. The summed E-state index contributed by atoms with van der Waals surface area (Å²) in [6, 6.07) is 9.62. The number of para-hydroxylation sites is 1. The molecule has 2 heterocycles. The van der Waals surface area contributed by atoms with Gasteiger partial charge in [-0.15, -0.1) is 12.4 Å². The smallest absolute Gasteiger partial charge is 0.242 e. The number of carbonyl (C=O) groups excluding carboxylic acids is 1. The maximum atomic E-state index is 12.0. The predicted molar refractivity (Wildman–Crippen MR) is 86.3 cm³/mol. The SMILES string of the molecule is Cl.O=C(Nc1ccc2cccc(Br)c2n1)C1CCCN1. The van der Waals surface area contributed by atoms with Crippen molar-refractivity contribution < 1.29 is 4.79 Å². The molecule has 1 aliphatic heterocycles. The fourth-order valence-electron chi connectivity index (χ4n) is 2.30. The van der Waals surface area contributed by atoms with Gasteiger partial charge in [-0.1, -0.05) is 12.1 Å². The number of hydrogen-bond donors (Lipinski definition) is 2. The van der Waals surface area contributed by atoms with Crippen LogP contribution < -0.4 is 10.6 Å². The van der Waals surface area contributed by atoms with Gasteiger partial charge in [0, 0.05) is 9.86 Å². The number of amides is 1. The van der Waals surface area contributed by atoms with E-state index in [0.717, 1.165) is 34.8 Å². The van der Waals surface area contributed by atoms with E-state index >= 15 is 0 Å². The van der Waals surface area contributed by atoms with Gasteiger partial charge in [-0.25, -0.2) is 4.98 Å². The lowest BCUT2D eigenvalue weighted by Gasteiger charge is -2.11. The van der Waals surface area contributed by atoms with E-state index in [4.69, 9.17) is 0 Å². The molecule has 106 valence electrons. The van der Waals surface area contributed by atoms with Crippen LogP contribution in [0.1, 0.15) is 12.8 Å². The molecule has 1 aromatic heterocycles. The molecule has 1 fully saturated rings. The summed E-state index contributed by atoms with van der Waals surface area (Å²) in [5, 5.41) is 7.09. The minimum Gasteiger partial charge on any atom is -0.309 e. The minimum absolute atomic E-state index is 0. The molecule has 0 bridgehead atoms. The van der Waals surface area contributed by atoms with Gasteiger partial charge in [0.2, 0.25) is 5.91 Å². The number of nitrogens with one attached hydrogen (secondary N) is 2. The van der Waals surface area contributed by atoms with E-state index in [9.17, 15) is 4.79 Å². The number of pyridine rings is 1. The number of halogens is 2. The first-order chi connectivity index (χ1) is 9.24. The van der Waals surface area contributed by atoms with Gasteiger partial charge in [0.15, 0.2) is 0 Å². The number of nitrogens with zero attached hydrogens (tertiary/aromatic N) is 1. The van der Waals surface area contributed by atoms with Crippen LogP contribution in [0.15, 0.2) is 34.8 Å². The molecule has 0 aliphatic carbocycles. The second-order valence-electron chi connectivity index (χ2n) is 4.65. The molecule has 1 aromatic carbocycles. The Morgan fingerprint density at radius 2 is 2.20 bits per heavy atom. The molecule has 6 heteroatoms. The van der Waals surface area contributed by atoms with Crippen molar-refractivity contribution in [3.8, 4) is 0 Å². The summed E-state index contributed by atoms with van der Waals surface area (Å²) < 4.78 is 0.931. The fraction of sp³-hybridized carbons (Fsp3) is 0.286. The van der Waals surface area contributed by atoms with Crippen LogP contribution in [0.5, 0.6) is 0 Å². The van der Waals surface area contributed by atoms with E-state index in [1.165, 1.54) is 0 Å². The Labute approximate surface area is 131 Å². The van der Waals surface area contributed by atoms with E-state index in [1.54, 1.807) is 0 Å². The lowest BCUT2D eigenvalue weighted by molar-refractivity contribution is -0.117. The van der Waals surface area contributed by atoms with Crippen molar-refractivity contribution >= 4 is 51.0 Å². The highest BCUT2D eigenvalue weighted by atomic mass is 79.9. The Morgan fingerprint density at radius 1 is 1.35 bits per heavy atom. The van der Waals surface area contributed by atoms with E-state index in [1.807, 2.05) is 30.3 Å². The molecule has 2 N–H and O–H groups in total. The average molecular weight is 357 g/mol. The molecule has 1 unspecified atom stereocenters. The summed E-state index contributed by atoms with van der Waals surface area (Å²) >= 11 is 3.48. The Balaban J connectivity index is 0.00000147. The number of benzene rings is 1. The zero-order chi connectivity index (χ0) is 13.2. The van der Waals surface area contributed by atoms with Gasteiger partial charge in [-0.2, -0.15) is 0 Å². The highest BCUT2D eigenvalue weighted by molar-refractivity contribution is 9.10. The standard InChI is InChI=1S/C14H14BrN3O.ClH/c15-10-4-1-3-9-6-7-12(17-13(9)10)18-14(19)11-5-2-8-16-11;/h1,3-4,6-7,11,16H,2,5,8H2,(H,17,18,19);1H. The molecular weight excluding hydrogens is 342 g/mol. The highest BCUT2D eigenvalue weighted by Crippen LogP contribution is 2.23. The lowest BCUT2D eigenvalue weighted by Crippen LogP contribution is -2.35. The molecule has 4 nitrogen and oxygen atoms in total. The van der Waals surface area contributed by atoms with Crippen LogP contribution >= 0.6 is 28.3 Å². The second kappa shape index (κ2) is 6.52. The molecule has 0 radical (unpaired) electrons. The van der Waals surface area contributed by atoms with Crippen LogP contribution in [0.25, 0.3) is 10.9 Å². The van der Waals surface area contributed by atoms with Crippen molar-refractivity contribution in [1.82, 2.24) is 10.3 Å². The van der Waals surface area contributed by atoms with Gasteiger partial charge < -0.3 is 10.6 Å². The maximum Gasteiger partial charge on any atom is 0.242 e. The number of fused-ring (bicyclic) bond motifs is 1. The predicted octanol–water partition coefficient (Wildman–Crippen LogP) is 3.11. The van der Waals surface area contributed by atoms with Crippen LogP contribution in [0.4, 0.5) is 5.82 Å². The third-order valence-corrected chi connectivity index (χ3v) is 3.94. The van der Waals surface area contributed by atoms with Gasteiger partial charge in [-0.3, -0.25) is 4.79 Å². The van der Waals surface area contributed by atoms with Crippen LogP contribution in [-0.2, 0) is 4.79 Å². The first kappa shape index (κ1) is 15.2. The number of hydrogen-bond acceptors (Lipinski definition) is 3. The fourth-order valence-corrected chi connectivity index (χ4v) is 2.77. The lowest BCUT2D eigenvalue weighted by atomic mass is 10.2. The number of anilines is 1. The van der Waals surface area contributed by atoms with Crippen LogP contribution in [0.2, 0.25) is 0 Å². The summed E-state index contributed by atoms with van der Waals surface area (Å²) in [5.41, 5.74) is 0.861. The van der Waals surface area contributed by atoms with Crippen molar-refractivity contribution in [1.29, 1.82) is 0 Å². The molecule has 2 aromatic rings. The average Bonchev–Trinajstić information content (AvgIpc) is 2.94. The monoisotopic (exact) mass is 355 g/mol. The summed E-state index contributed by atoms with van der Waals surface area (Å²) in [6.45, 7) is 0.911. The zero-order valence-electron chi connectivity index (χ0n) is 10.7. The molecule has 1 atom stereocenters. The Kier molecular flexibility index (Phi) is 4.96. The van der Waals surface area contributed by atoms with Crippen molar-refractivity contribution in [2.24, 2.45) is 0 Å². The van der Waals surface area contributed by atoms with Crippen molar-refractivity contribution in [2.75, 3.05) is 11.9 Å². The molecule has 1 saturated heterocycles. The topological polar surface area (TPSA) is 54.0 Å². The van der Waals surface area contributed by atoms with Crippen LogP contribution in [0.3, 0.4) is 0 Å².